The van der Waals surface area contributed by atoms with Crippen molar-refractivity contribution in [1.29, 1.82) is 0 Å². The maximum absolute atomic E-state index is 12.0. The number of pyridine rings is 1. The molecule has 1 amide bonds. The lowest BCUT2D eigenvalue weighted by Crippen LogP contribution is -2.26. The molecule has 0 spiro atoms. The van der Waals surface area contributed by atoms with E-state index < -0.39 is 0 Å². The van der Waals surface area contributed by atoms with E-state index in [1.807, 2.05) is 0 Å². The molecule has 7 nitrogen and oxygen atoms in total. The van der Waals surface area contributed by atoms with E-state index >= 15 is 0 Å². The minimum Gasteiger partial charge on any atom is -0.384 e. The molecule has 20 heavy (non-hydrogen) atoms. The smallest absolute Gasteiger partial charge is 0.251 e. The standard InChI is InChI=1S/C13H17N5O2/c1-2-3-10-6-9(7-11(14)18-10)13(19)15-5-4-12-16-8-17-20-12/h6-8H,2-5H2,1H3,(H2,14,18)(H,15,19). The first-order valence-electron chi connectivity index (χ1n) is 6.49. The zero-order valence-corrected chi connectivity index (χ0v) is 11.3. The van der Waals surface area contributed by atoms with Crippen molar-refractivity contribution in [1.82, 2.24) is 20.4 Å². The van der Waals surface area contributed by atoms with Gasteiger partial charge in [-0.3, -0.25) is 4.79 Å². The maximum Gasteiger partial charge on any atom is 0.251 e. The van der Waals surface area contributed by atoms with Gasteiger partial charge < -0.3 is 15.6 Å². The third kappa shape index (κ3) is 3.78. The number of hydrogen-bond donors (Lipinski definition) is 2. The fourth-order valence-corrected chi connectivity index (χ4v) is 1.82. The first-order valence-corrected chi connectivity index (χ1v) is 6.49. The summed E-state index contributed by atoms with van der Waals surface area (Å²) in [6.07, 6.45) is 3.58. The van der Waals surface area contributed by atoms with Crippen LogP contribution in [-0.2, 0) is 12.8 Å². The molecule has 0 bridgehead atoms. The van der Waals surface area contributed by atoms with Gasteiger partial charge in [-0.1, -0.05) is 18.5 Å². The average molecular weight is 275 g/mol. The molecule has 2 rings (SSSR count). The number of aromatic nitrogens is 3. The van der Waals surface area contributed by atoms with Gasteiger partial charge in [0.15, 0.2) is 6.33 Å². The summed E-state index contributed by atoms with van der Waals surface area (Å²) in [7, 11) is 0. The van der Waals surface area contributed by atoms with Crippen LogP contribution in [0.2, 0.25) is 0 Å². The number of amides is 1. The van der Waals surface area contributed by atoms with E-state index in [9.17, 15) is 4.79 Å². The lowest BCUT2D eigenvalue weighted by molar-refractivity contribution is 0.0953. The van der Waals surface area contributed by atoms with E-state index in [0.717, 1.165) is 18.5 Å². The Labute approximate surface area is 116 Å². The molecule has 2 aromatic heterocycles. The summed E-state index contributed by atoms with van der Waals surface area (Å²) in [6.45, 7) is 2.47. The zero-order chi connectivity index (χ0) is 14.4. The second kappa shape index (κ2) is 6.65. The average Bonchev–Trinajstić information content (AvgIpc) is 2.91. The van der Waals surface area contributed by atoms with Crippen molar-refractivity contribution in [3.05, 3.63) is 35.6 Å². The molecule has 2 heterocycles. The number of nitrogens with two attached hydrogens (primary N) is 1. The molecule has 106 valence electrons. The third-order valence-electron chi connectivity index (χ3n) is 2.70. The molecule has 0 aliphatic heterocycles. The Bertz CT molecular complexity index is 568. The first kappa shape index (κ1) is 14.0. The highest BCUT2D eigenvalue weighted by molar-refractivity contribution is 5.94. The quantitative estimate of drug-likeness (QED) is 0.813. The third-order valence-corrected chi connectivity index (χ3v) is 2.70. The van der Waals surface area contributed by atoms with Crippen LogP contribution >= 0.6 is 0 Å². The fraction of sp³-hybridized carbons (Fsp3) is 0.385. The van der Waals surface area contributed by atoms with E-state index in [2.05, 4.69) is 27.4 Å². The Morgan fingerprint density at radius 1 is 1.40 bits per heavy atom. The number of anilines is 1. The van der Waals surface area contributed by atoms with Gasteiger partial charge in [-0.15, -0.1) is 0 Å². The lowest BCUT2D eigenvalue weighted by atomic mass is 10.1. The van der Waals surface area contributed by atoms with Crippen LogP contribution in [0, 0.1) is 0 Å². The Hall–Kier alpha value is -2.44. The monoisotopic (exact) mass is 275 g/mol. The summed E-state index contributed by atoms with van der Waals surface area (Å²) in [5, 5.41) is 6.28. The fourth-order valence-electron chi connectivity index (χ4n) is 1.82. The zero-order valence-electron chi connectivity index (χ0n) is 11.3. The van der Waals surface area contributed by atoms with Crippen LogP contribution < -0.4 is 11.1 Å². The Morgan fingerprint density at radius 2 is 2.25 bits per heavy atom. The molecule has 2 aromatic rings. The van der Waals surface area contributed by atoms with Gasteiger partial charge in [-0.05, 0) is 18.6 Å². The molecule has 0 aromatic carbocycles. The minimum absolute atomic E-state index is 0.184. The molecule has 0 radical (unpaired) electrons. The summed E-state index contributed by atoms with van der Waals surface area (Å²) in [4.78, 5) is 20.1. The predicted octanol–water partition coefficient (Wildman–Crippen LogP) is 0.972. The highest BCUT2D eigenvalue weighted by Crippen LogP contribution is 2.09. The molecule has 3 N–H and O–H groups in total. The second-order valence-electron chi connectivity index (χ2n) is 4.36. The van der Waals surface area contributed by atoms with Gasteiger partial charge >= 0.3 is 0 Å². The van der Waals surface area contributed by atoms with Gasteiger partial charge in [0, 0.05) is 24.2 Å². The summed E-state index contributed by atoms with van der Waals surface area (Å²) in [5.74, 6) is 0.667. The van der Waals surface area contributed by atoms with Crippen LogP contribution in [0.5, 0.6) is 0 Å². The number of aryl methyl sites for hydroxylation is 1. The van der Waals surface area contributed by atoms with Crippen molar-refractivity contribution in [2.45, 2.75) is 26.2 Å². The van der Waals surface area contributed by atoms with Crippen LogP contribution in [0.4, 0.5) is 5.82 Å². The summed E-state index contributed by atoms with van der Waals surface area (Å²) >= 11 is 0. The molecular weight excluding hydrogens is 258 g/mol. The number of nitrogens with one attached hydrogen (secondary N) is 1. The Balaban J connectivity index is 1.94. The highest BCUT2D eigenvalue weighted by Gasteiger charge is 2.09. The molecule has 0 aliphatic carbocycles. The van der Waals surface area contributed by atoms with Gasteiger partial charge in [-0.2, -0.15) is 4.98 Å². The summed E-state index contributed by atoms with van der Waals surface area (Å²) in [6, 6.07) is 3.34. The van der Waals surface area contributed by atoms with Crippen molar-refractivity contribution < 1.29 is 9.32 Å². The SMILES string of the molecule is CCCc1cc(C(=O)NCCc2ncno2)cc(N)n1. The van der Waals surface area contributed by atoms with Crippen LogP contribution in [-0.4, -0.2) is 27.6 Å². The first-order chi connectivity index (χ1) is 9.69. The van der Waals surface area contributed by atoms with Crippen molar-refractivity contribution in [3.8, 4) is 0 Å². The van der Waals surface area contributed by atoms with Crippen molar-refractivity contribution >= 4 is 11.7 Å². The highest BCUT2D eigenvalue weighted by atomic mass is 16.5. The van der Waals surface area contributed by atoms with Gasteiger partial charge in [0.2, 0.25) is 5.89 Å². The van der Waals surface area contributed by atoms with E-state index in [1.54, 1.807) is 12.1 Å². The van der Waals surface area contributed by atoms with Crippen LogP contribution in [0.25, 0.3) is 0 Å². The normalized spacial score (nSPS) is 10.4. The molecule has 0 aliphatic rings. The molecule has 7 heteroatoms. The topological polar surface area (TPSA) is 107 Å². The Morgan fingerprint density at radius 3 is 2.95 bits per heavy atom. The van der Waals surface area contributed by atoms with Crippen LogP contribution in [0.1, 0.15) is 35.3 Å². The summed E-state index contributed by atoms with van der Waals surface area (Å²) < 4.78 is 4.85. The van der Waals surface area contributed by atoms with Crippen molar-refractivity contribution in [2.24, 2.45) is 0 Å². The predicted molar refractivity (Wildman–Crippen MR) is 73.0 cm³/mol. The van der Waals surface area contributed by atoms with Gasteiger partial charge in [-0.25, -0.2) is 4.98 Å². The van der Waals surface area contributed by atoms with E-state index in [0.29, 0.717) is 30.2 Å². The minimum atomic E-state index is -0.184. The maximum atomic E-state index is 12.0. The van der Waals surface area contributed by atoms with Crippen molar-refractivity contribution in [3.63, 3.8) is 0 Å². The van der Waals surface area contributed by atoms with Crippen LogP contribution in [0.3, 0.4) is 0 Å². The number of nitrogen functional groups attached to an aromatic ring is 1. The van der Waals surface area contributed by atoms with E-state index in [-0.39, 0.29) is 5.91 Å². The number of rotatable bonds is 6. The van der Waals surface area contributed by atoms with Gasteiger partial charge in [0.1, 0.15) is 5.82 Å². The lowest BCUT2D eigenvalue weighted by Gasteiger charge is -2.06. The number of hydrogen-bond acceptors (Lipinski definition) is 6. The molecule has 0 fully saturated rings. The molecular formula is C13H17N5O2. The largest absolute Gasteiger partial charge is 0.384 e. The number of nitrogens with zero attached hydrogens (tertiary/aromatic N) is 3. The van der Waals surface area contributed by atoms with Gasteiger partial charge in [0.05, 0.1) is 0 Å². The number of carbonyl (C=O) groups excluding carboxylic acids is 1. The summed E-state index contributed by atoms with van der Waals surface area (Å²) in [5.41, 5.74) is 7.06. The van der Waals surface area contributed by atoms with Crippen molar-refractivity contribution in [2.75, 3.05) is 12.3 Å². The molecule has 0 saturated heterocycles. The van der Waals surface area contributed by atoms with E-state index in [1.165, 1.54) is 6.33 Å². The van der Waals surface area contributed by atoms with Crippen LogP contribution in [0.15, 0.2) is 23.0 Å². The molecule has 0 atom stereocenters. The van der Waals surface area contributed by atoms with E-state index in [4.69, 9.17) is 10.3 Å². The second-order valence-corrected chi connectivity index (χ2v) is 4.36. The Kier molecular flexibility index (Phi) is 4.65. The molecule has 0 saturated carbocycles. The number of carbonyl (C=O) groups is 1. The molecule has 0 unspecified atom stereocenters. The van der Waals surface area contributed by atoms with Gasteiger partial charge in [0.25, 0.3) is 5.91 Å².